The normalized spacial score (nSPS) is 14.0. The molecule has 0 saturated carbocycles. The minimum absolute atomic E-state index is 0.232. The number of aromatic nitrogens is 2. The lowest BCUT2D eigenvalue weighted by Gasteiger charge is -2.26. The summed E-state index contributed by atoms with van der Waals surface area (Å²) >= 11 is 16.5. The number of fused-ring (bicyclic) bond motifs is 1. The van der Waals surface area contributed by atoms with Crippen molar-refractivity contribution in [3.63, 3.8) is 0 Å². The molecular formula is C28H29BrCl2N4O3. The fourth-order valence-corrected chi connectivity index (χ4v) is 4.99. The molecule has 0 saturated heterocycles. The zero-order chi connectivity index (χ0) is 27.6. The van der Waals surface area contributed by atoms with Crippen molar-refractivity contribution in [3.05, 3.63) is 85.6 Å². The van der Waals surface area contributed by atoms with Crippen molar-refractivity contribution in [2.45, 2.75) is 46.4 Å². The Balaban J connectivity index is 1.57. The van der Waals surface area contributed by atoms with Gasteiger partial charge in [0, 0.05) is 34.2 Å². The number of anilines is 1. The maximum atomic E-state index is 13.5. The molecule has 2 amide bonds. The molecular weight excluding hydrogens is 591 g/mol. The topological polar surface area (TPSA) is 67.7 Å². The van der Waals surface area contributed by atoms with Gasteiger partial charge in [0.1, 0.15) is 10.8 Å². The molecule has 4 rings (SSSR count). The fourth-order valence-electron chi connectivity index (χ4n) is 4.15. The van der Waals surface area contributed by atoms with Gasteiger partial charge in [0.05, 0.1) is 24.5 Å². The fraction of sp³-hybridized carbons (Fsp3) is 0.321. The summed E-state index contributed by atoms with van der Waals surface area (Å²) in [6.07, 6.45) is 2.76. The molecule has 0 fully saturated rings. The Morgan fingerprint density at radius 2 is 1.87 bits per heavy atom. The van der Waals surface area contributed by atoms with E-state index in [1.807, 2.05) is 70.2 Å². The van der Waals surface area contributed by atoms with E-state index in [1.165, 1.54) is 6.08 Å². The number of hydrogen-bond donors (Lipinski definition) is 0. The summed E-state index contributed by atoms with van der Waals surface area (Å²) in [6, 6.07) is 13.2. The smallest absolute Gasteiger partial charge is 0.410 e. The molecule has 7 nitrogen and oxygen atoms in total. The number of halogens is 3. The first-order chi connectivity index (χ1) is 17.9. The van der Waals surface area contributed by atoms with E-state index in [1.54, 1.807) is 20.6 Å². The van der Waals surface area contributed by atoms with Crippen LogP contribution in [0, 0.1) is 6.92 Å². The number of carbonyl (C=O) groups is 2. The third kappa shape index (κ3) is 6.60. The second-order valence-electron chi connectivity index (χ2n) is 10.0. The first kappa shape index (κ1) is 28.2. The van der Waals surface area contributed by atoms with Crippen LogP contribution in [0.15, 0.2) is 53.0 Å². The average molecular weight is 620 g/mol. The van der Waals surface area contributed by atoms with E-state index in [9.17, 15) is 9.59 Å². The van der Waals surface area contributed by atoms with E-state index in [4.69, 9.17) is 27.9 Å². The number of hydrogen-bond acceptors (Lipinski definition) is 4. The van der Waals surface area contributed by atoms with Crippen LogP contribution in [0.4, 0.5) is 10.5 Å². The summed E-state index contributed by atoms with van der Waals surface area (Å²) in [6.45, 7) is 8.73. The standard InChI is InChI=1S/C28H29BrCl2N4O3/c1-18-22(26(31)35(32-18)17-19-7-5-6-8-23(19)30)11-12-25(36)34-14-13-33(27(37)38-28(2,3)4)16-20-9-10-21(29)15-24(20)34/h5-12,15H,13-14,16-17H2,1-4H3/b12-11+. The highest BCUT2D eigenvalue weighted by Gasteiger charge is 2.29. The molecule has 0 atom stereocenters. The molecule has 0 N–H and O–H groups in total. The summed E-state index contributed by atoms with van der Waals surface area (Å²) in [4.78, 5) is 29.6. The van der Waals surface area contributed by atoms with Gasteiger partial charge in [-0.1, -0.05) is 63.4 Å². The van der Waals surface area contributed by atoms with Crippen molar-refractivity contribution in [2.75, 3.05) is 18.0 Å². The number of carbonyl (C=O) groups excluding carboxylic acids is 2. The number of benzene rings is 2. The Morgan fingerprint density at radius 3 is 2.58 bits per heavy atom. The molecule has 0 unspecified atom stereocenters. The minimum atomic E-state index is -0.614. The Kier molecular flexibility index (Phi) is 8.55. The SMILES string of the molecule is Cc1nn(Cc2ccccc2Cl)c(Cl)c1/C=C/C(=O)N1CCN(C(=O)OC(C)(C)C)Cc2ccc(Br)cc21. The molecule has 1 aliphatic rings. The maximum Gasteiger partial charge on any atom is 0.410 e. The summed E-state index contributed by atoms with van der Waals surface area (Å²) < 4.78 is 8.08. The van der Waals surface area contributed by atoms with E-state index >= 15 is 0 Å². The van der Waals surface area contributed by atoms with Gasteiger partial charge < -0.3 is 14.5 Å². The molecule has 0 radical (unpaired) electrons. The highest BCUT2D eigenvalue weighted by atomic mass is 79.9. The molecule has 0 aliphatic carbocycles. The monoisotopic (exact) mass is 618 g/mol. The Labute approximate surface area is 241 Å². The lowest BCUT2D eigenvalue weighted by Crippen LogP contribution is -2.40. The molecule has 38 heavy (non-hydrogen) atoms. The van der Waals surface area contributed by atoms with Crippen molar-refractivity contribution in [1.29, 1.82) is 0 Å². The van der Waals surface area contributed by atoms with Crippen molar-refractivity contribution >= 4 is 62.9 Å². The first-order valence-corrected chi connectivity index (χ1v) is 13.7. The predicted octanol–water partition coefficient (Wildman–Crippen LogP) is 7.11. The molecule has 0 bridgehead atoms. The largest absolute Gasteiger partial charge is 0.444 e. The lowest BCUT2D eigenvalue weighted by atomic mass is 10.1. The molecule has 2 aromatic carbocycles. The Morgan fingerprint density at radius 1 is 1.13 bits per heavy atom. The van der Waals surface area contributed by atoms with Crippen LogP contribution in [0.5, 0.6) is 0 Å². The summed E-state index contributed by atoms with van der Waals surface area (Å²) in [5.74, 6) is -0.232. The molecule has 10 heteroatoms. The summed E-state index contributed by atoms with van der Waals surface area (Å²) in [5, 5.41) is 5.60. The van der Waals surface area contributed by atoms with Crippen LogP contribution < -0.4 is 4.90 Å². The van der Waals surface area contributed by atoms with Gasteiger partial charge in [0.25, 0.3) is 5.91 Å². The highest BCUT2D eigenvalue weighted by molar-refractivity contribution is 9.10. The molecule has 200 valence electrons. The zero-order valence-corrected chi connectivity index (χ0v) is 24.8. The van der Waals surface area contributed by atoms with Crippen LogP contribution in [0.2, 0.25) is 10.2 Å². The van der Waals surface area contributed by atoms with Crippen LogP contribution in [-0.2, 0) is 22.6 Å². The van der Waals surface area contributed by atoms with Crippen molar-refractivity contribution < 1.29 is 14.3 Å². The van der Waals surface area contributed by atoms with Crippen molar-refractivity contribution in [3.8, 4) is 0 Å². The van der Waals surface area contributed by atoms with E-state index < -0.39 is 11.7 Å². The average Bonchev–Trinajstić information content (AvgIpc) is 2.99. The number of aryl methyl sites for hydroxylation is 1. The number of nitrogens with zero attached hydrogens (tertiary/aromatic N) is 4. The van der Waals surface area contributed by atoms with Gasteiger partial charge >= 0.3 is 6.09 Å². The van der Waals surface area contributed by atoms with Gasteiger partial charge in [-0.2, -0.15) is 5.10 Å². The summed E-state index contributed by atoms with van der Waals surface area (Å²) in [5.41, 5.74) is 3.22. The van der Waals surface area contributed by atoms with Gasteiger partial charge in [-0.05, 0) is 63.1 Å². The first-order valence-electron chi connectivity index (χ1n) is 12.1. The Hall–Kier alpha value is -2.81. The van der Waals surface area contributed by atoms with Crippen molar-refractivity contribution in [1.82, 2.24) is 14.7 Å². The van der Waals surface area contributed by atoms with Crippen LogP contribution in [-0.4, -0.2) is 45.4 Å². The maximum absolute atomic E-state index is 13.5. The van der Waals surface area contributed by atoms with E-state index in [0.29, 0.717) is 47.6 Å². The van der Waals surface area contributed by atoms with Gasteiger partial charge in [0.15, 0.2) is 0 Å². The molecule has 1 aromatic heterocycles. The van der Waals surface area contributed by atoms with Crippen LogP contribution >= 0.6 is 39.1 Å². The summed E-state index contributed by atoms with van der Waals surface area (Å²) in [7, 11) is 0. The number of rotatable bonds is 4. The zero-order valence-electron chi connectivity index (χ0n) is 21.7. The van der Waals surface area contributed by atoms with E-state index in [2.05, 4.69) is 21.0 Å². The lowest BCUT2D eigenvalue weighted by molar-refractivity contribution is -0.114. The molecule has 2 heterocycles. The third-order valence-corrected chi connectivity index (χ3v) is 7.25. The van der Waals surface area contributed by atoms with E-state index in [0.717, 1.165) is 21.3 Å². The number of ether oxygens (including phenoxy) is 1. The quantitative estimate of drug-likeness (QED) is 0.292. The van der Waals surface area contributed by atoms with Crippen LogP contribution in [0.25, 0.3) is 6.08 Å². The van der Waals surface area contributed by atoms with Crippen LogP contribution in [0.3, 0.4) is 0 Å². The molecule has 1 aliphatic heterocycles. The van der Waals surface area contributed by atoms with E-state index in [-0.39, 0.29) is 5.91 Å². The Bertz CT molecular complexity index is 1400. The van der Waals surface area contributed by atoms with Gasteiger partial charge in [-0.15, -0.1) is 0 Å². The second-order valence-corrected chi connectivity index (χ2v) is 11.7. The van der Waals surface area contributed by atoms with Gasteiger partial charge in [0.2, 0.25) is 0 Å². The van der Waals surface area contributed by atoms with Gasteiger partial charge in [-0.25, -0.2) is 9.48 Å². The minimum Gasteiger partial charge on any atom is -0.444 e. The molecule has 0 spiro atoms. The highest BCUT2D eigenvalue weighted by Crippen LogP contribution is 2.30. The van der Waals surface area contributed by atoms with Crippen molar-refractivity contribution in [2.24, 2.45) is 0 Å². The number of amides is 2. The second kappa shape index (κ2) is 11.5. The molecule has 3 aromatic rings. The predicted molar refractivity (Wildman–Crippen MR) is 155 cm³/mol. The van der Waals surface area contributed by atoms with Crippen LogP contribution in [0.1, 0.15) is 43.2 Å². The van der Waals surface area contributed by atoms with Gasteiger partial charge in [-0.3, -0.25) is 4.79 Å². The third-order valence-electron chi connectivity index (χ3n) is 5.99.